The van der Waals surface area contributed by atoms with Crippen LogP contribution in [-0.4, -0.2) is 5.11 Å². The van der Waals surface area contributed by atoms with Crippen molar-refractivity contribution >= 4 is 24.9 Å². The predicted molar refractivity (Wildman–Crippen MR) is 101 cm³/mol. The number of nitrogens with one attached hydrogen (secondary N) is 1. The molecule has 3 aromatic rings. The van der Waals surface area contributed by atoms with Gasteiger partial charge in [-0.2, -0.15) is 0 Å². The molecule has 0 spiro atoms. The molecule has 2 nitrogen and oxygen atoms in total. The van der Waals surface area contributed by atoms with Gasteiger partial charge < -0.3 is 10.4 Å². The first-order valence-electron chi connectivity index (χ1n) is 7.66. The molecule has 3 rings (SSSR count). The van der Waals surface area contributed by atoms with Crippen molar-refractivity contribution < 1.29 is 5.11 Å². The van der Waals surface area contributed by atoms with E-state index in [2.05, 4.69) is 42.6 Å². The van der Waals surface area contributed by atoms with E-state index in [0.717, 1.165) is 17.5 Å². The van der Waals surface area contributed by atoms with Crippen LogP contribution in [0.4, 0.5) is 5.69 Å². The van der Waals surface area contributed by atoms with Crippen molar-refractivity contribution in [3.63, 3.8) is 0 Å². The number of para-hydroxylation sites is 2. The Hall–Kier alpha value is -2.31. The quantitative estimate of drug-likeness (QED) is 0.698. The van der Waals surface area contributed by atoms with E-state index in [-0.39, 0.29) is 0 Å². The summed E-state index contributed by atoms with van der Waals surface area (Å²) in [5.41, 5.74) is 3.65. The molecule has 1 unspecified atom stereocenters. The van der Waals surface area contributed by atoms with Gasteiger partial charge in [-0.3, -0.25) is 0 Å². The molecular formula is C20H20NOP. The molecule has 0 fully saturated rings. The summed E-state index contributed by atoms with van der Waals surface area (Å²) in [5, 5.41) is 15.8. The highest BCUT2D eigenvalue weighted by Crippen LogP contribution is 2.22. The minimum Gasteiger partial charge on any atom is -0.507 e. The number of rotatable bonds is 5. The third-order valence-corrected chi connectivity index (χ3v) is 5.44. The van der Waals surface area contributed by atoms with E-state index in [9.17, 15) is 5.11 Å². The predicted octanol–water partition coefficient (Wildman–Crippen LogP) is 3.94. The number of aryl methyl sites for hydroxylation is 1. The van der Waals surface area contributed by atoms with Gasteiger partial charge in [0.1, 0.15) is 5.75 Å². The Morgan fingerprint density at radius 2 is 1.61 bits per heavy atom. The summed E-state index contributed by atoms with van der Waals surface area (Å²) in [4.78, 5) is 0. The van der Waals surface area contributed by atoms with Gasteiger partial charge in [-0.25, -0.2) is 0 Å². The van der Waals surface area contributed by atoms with Gasteiger partial charge in [0.05, 0.1) is 0 Å². The Bertz CT molecular complexity index is 787. The van der Waals surface area contributed by atoms with Gasteiger partial charge in [0.15, 0.2) is 0 Å². The van der Waals surface area contributed by atoms with Crippen LogP contribution in [0.25, 0.3) is 0 Å². The molecule has 3 aromatic carbocycles. The van der Waals surface area contributed by atoms with E-state index >= 15 is 0 Å². The fourth-order valence-electron chi connectivity index (χ4n) is 2.52. The SMILES string of the molecule is Cc1cccc(CNc2ccccc2)c1Pc1ccccc1O. The minimum atomic E-state index is 0.371. The van der Waals surface area contributed by atoms with Crippen molar-refractivity contribution in [1.82, 2.24) is 0 Å². The normalized spacial score (nSPS) is 11.0. The van der Waals surface area contributed by atoms with E-state index in [4.69, 9.17) is 0 Å². The Labute approximate surface area is 139 Å². The van der Waals surface area contributed by atoms with Crippen molar-refractivity contribution in [2.75, 3.05) is 5.32 Å². The lowest BCUT2D eigenvalue weighted by atomic mass is 10.1. The Morgan fingerprint density at radius 1 is 0.870 bits per heavy atom. The lowest BCUT2D eigenvalue weighted by Gasteiger charge is -2.15. The molecule has 0 heterocycles. The lowest BCUT2D eigenvalue weighted by Crippen LogP contribution is -2.15. The van der Waals surface area contributed by atoms with Crippen molar-refractivity contribution in [2.45, 2.75) is 13.5 Å². The summed E-state index contributed by atoms with van der Waals surface area (Å²) >= 11 is 0. The van der Waals surface area contributed by atoms with E-state index in [1.807, 2.05) is 36.4 Å². The number of anilines is 1. The standard InChI is InChI=1S/C20H20NOP/c1-15-8-7-9-16(14-21-17-10-3-2-4-11-17)20(15)23-19-13-6-5-12-18(19)22/h2-13,21-23H,14H2,1H3. The summed E-state index contributed by atoms with van der Waals surface area (Å²) in [7, 11) is 0.451. The van der Waals surface area contributed by atoms with Crippen molar-refractivity contribution in [2.24, 2.45) is 0 Å². The Kier molecular flexibility index (Phi) is 4.95. The number of hydrogen-bond acceptors (Lipinski definition) is 2. The second-order valence-corrected chi connectivity index (χ2v) is 6.76. The van der Waals surface area contributed by atoms with Crippen LogP contribution in [0.2, 0.25) is 0 Å². The van der Waals surface area contributed by atoms with E-state index < -0.39 is 0 Å². The van der Waals surface area contributed by atoms with Gasteiger partial charge in [-0.15, -0.1) is 0 Å². The molecule has 1 atom stereocenters. The van der Waals surface area contributed by atoms with Crippen LogP contribution >= 0.6 is 8.58 Å². The van der Waals surface area contributed by atoms with Gasteiger partial charge >= 0.3 is 0 Å². The second-order valence-electron chi connectivity index (χ2n) is 5.47. The monoisotopic (exact) mass is 321 g/mol. The first kappa shape index (κ1) is 15.6. The lowest BCUT2D eigenvalue weighted by molar-refractivity contribution is 0.480. The molecule has 3 heteroatoms. The van der Waals surface area contributed by atoms with Crippen LogP contribution in [0, 0.1) is 6.92 Å². The van der Waals surface area contributed by atoms with E-state index in [1.165, 1.54) is 16.4 Å². The fraction of sp³-hybridized carbons (Fsp3) is 0.100. The van der Waals surface area contributed by atoms with Crippen LogP contribution < -0.4 is 15.9 Å². The zero-order valence-electron chi connectivity index (χ0n) is 13.1. The number of hydrogen-bond donors (Lipinski definition) is 2. The summed E-state index contributed by atoms with van der Waals surface area (Å²) in [6.07, 6.45) is 0. The minimum absolute atomic E-state index is 0.371. The molecule has 0 aliphatic carbocycles. The highest BCUT2D eigenvalue weighted by molar-refractivity contribution is 7.56. The summed E-state index contributed by atoms with van der Waals surface area (Å²) < 4.78 is 0. The van der Waals surface area contributed by atoms with Crippen LogP contribution in [0.3, 0.4) is 0 Å². The molecule has 0 aromatic heterocycles. The summed E-state index contributed by atoms with van der Waals surface area (Å²) in [6.45, 7) is 2.91. The number of aromatic hydroxyl groups is 1. The zero-order valence-corrected chi connectivity index (χ0v) is 14.1. The highest BCUT2D eigenvalue weighted by Gasteiger charge is 2.09. The molecule has 0 aliphatic heterocycles. The van der Waals surface area contributed by atoms with Crippen molar-refractivity contribution in [3.8, 4) is 5.75 Å². The van der Waals surface area contributed by atoms with E-state index in [1.54, 1.807) is 6.07 Å². The van der Waals surface area contributed by atoms with Gasteiger partial charge in [0, 0.05) is 17.5 Å². The molecule has 0 amide bonds. The summed E-state index contributed by atoms with van der Waals surface area (Å²) in [5.74, 6) is 0.371. The maximum atomic E-state index is 10.1. The van der Waals surface area contributed by atoms with Gasteiger partial charge in [0.25, 0.3) is 0 Å². The summed E-state index contributed by atoms with van der Waals surface area (Å²) in [6, 6.07) is 24.2. The van der Waals surface area contributed by atoms with Crippen molar-refractivity contribution in [3.05, 3.63) is 83.9 Å². The smallest absolute Gasteiger partial charge is 0.123 e. The number of benzene rings is 3. The van der Waals surface area contributed by atoms with Crippen LogP contribution in [0.5, 0.6) is 5.75 Å². The molecular weight excluding hydrogens is 301 g/mol. The Balaban J connectivity index is 1.84. The van der Waals surface area contributed by atoms with Gasteiger partial charge in [-0.1, -0.05) is 63.2 Å². The average molecular weight is 321 g/mol. The fourth-order valence-corrected chi connectivity index (χ4v) is 3.80. The van der Waals surface area contributed by atoms with Gasteiger partial charge in [-0.05, 0) is 41.6 Å². The molecule has 0 saturated carbocycles. The molecule has 116 valence electrons. The van der Waals surface area contributed by atoms with E-state index in [0.29, 0.717) is 14.3 Å². The molecule has 0 saturated heterocycles. The molecule has 23 heavy (non-hydrogen) atoms. The number of phenols is 1. The maximum absolute atomic E-state index is 10.1. The molecule has 0 radical (unpaired) electrons. The molecule has 2 N–H and O–H groups in total. The highest BCUT2D eigenvalue weighted by atomic mass is 31.1. The third-order valence-electron chi connectivity index (χ3n) is 3.78. The van der Waals surface area contributed by atoms with Crippen LogP contribution in [0.15, 0.2) is 72.8 Å². The molecule has 0 aliphatic rings. The van der Waals surface area contributed by atoms with Crippen LogP contribution in [-0.2, 0) is 6.54 Å². The van der Waals surface area contributed by atoms with Gasteiger partial charge in [0.2, 0.25) is 0 Å². The first-order chi connectivity index (χ1) is 11.2. The maximum Gasteiger partial charge on any atom is 0.123 e. The molecule has 0 bridgehead atoms. The third kappa shape index (κ3) is 3.91. The largest absolute Gasteiger partial charge is 0.507 e. The average Bonchev–Trinajstić information content (AvgIpc) is 2.58. The van der Waals surface area contributed by atoms with Crippen molar-refractivity contribution in [1.29, 1.82) is 0 Å². The van der Waals surface area contributed by atoms with Crippen LogP contribution in [0.1, 0.15) is 11.1 Å². The topological polar surface area (TPSA) is 32.3 Å². The Morgan fingerprint density at radius 3 is 2.39 bits per heavy atom. The zero-order chi connectivity index (χ0) is 16.1. The second kappa shape index (κ2) is 7.30. The first-order valence-corrected chi connectivity index (χ1v) is 8.66. The number of phenolic OH excluding ortho intramolecular Hbond substituents is 1.